The lowest BCUT2D eigenvalue weighted by molar-refractivity contribution is 0.0521. The Kier molecular flexibility index (Phi) is 5.34. The van der Waals surface area contributed by atoms with Crippen LogP contribution >= 0.6 is 11.8 Å². The third-order valence-corrected chi connectivity index (χ3v) is 3.21. The van der Waals surface area contributed by atoms with Crippen LogP contribution in [0.1, 0.15) is 24.3 Å². The van der Waals surface area contributed by atoms with Gasteiger partial charge in [0.25, 0.3) is 0 Å². The van der Waals surface area contributed by atoms with E-state index < -0.39 is 5.97 Å². The molecule has 6 heteroatoms. The maximum absolute atomic E-state index is 11.5. The smallest absolute Gasteiger partial charge is 0.360 e. The molecule has 0 radical (unpaired) electrons. The Hall–Kier alpha value is -1.17. The summed E-state index contributed by atoms with van der Waals surface area (Å²) < 4.78 is 6.67. The molecule has 0 bridgehead atoms. The van der Waals surface area contributed by atoms with Gasteiger partial charge < -0.3 is 15.0 Å². The van der Waals surface area contributed by atoms with Gasteiger partial charge in [0, 0.05) is 6.54 Å². The van der Waals surface area contributed by atoms with Gasteiger partial charge in [0.05, 0.1) is 12.9 Å². The first-order valence-electron chi connectivity index (χ1n) is 5.56. The molecule has 0 aliphatic carbocycles. The van der Waals surface area contributed by atoms with Gasteiger partial charge >= 0.3 is 5.97 Å². The van der Waals surface area contributed by atoms with Crippen molar-refractivity contribution in [2.24, 2.45) is 5.92 Å². The van der Waals surface area contributed by atoms with Crippen LogP contribution in [-0.2, 0) is 11.3 Å². The highest BCUT2D eigenvalue weighted by atomic mass is 32.2. The summed E-state index contributed by atoms with van der Waals surface area (Å²) in [7, 11) is 0. The van der Waals surface area contributed by atoms with Crippen LogP contribution in [0.4, 0.5) is 5.82 Å². The molecule has 0 spiro atoms. The van der Waals surface area contributed by atoms with Gasteiger partial charge in [-0.3, -0.25) is 0 Å². The van der Waals surface area contributed by atoms with Gasteiger partial charge in [0.2, 0.25) is 0 Å². The Bertz CT molecular complexity index is 379. The molecule has 1 heterocycles. The van der Waals surface area contributed by atoms with E-state index in [-0.39, 0.29) is 5.69 Å². The van der Waals surface area contributed by atoms with Gasteiger partial charge in [-0.1, -0.05) is 6.92 Å². The van der Waals surface area contributed by atoms with Crippen molar-refractivity contribution < 1.29 is 9.53 Å². The molecule has 2 N–H and O–H groups in total. The van der Waals surface area contributed by atoms with Gasteiger partial charge in [-0.15, -0.1) is 0 Å². The lowest BCUT2D eigenvalue weighted by Crippen LogP contribution is -2.13. The maximum atomic E-state index is 11.5. The van der Waals surface area contributed by atoms with Crippen LogP contribution in [0.15, 0.2) is 6.33 Å². The Balaban J connectivity index is 2.73. The van der Waals surface area contributed by atoms with E-state index in [1.165, 1.54) is 0 Å². The molecule has 1 aromatic rings. The van der Waals surface area contributed by atoms with Gasteiger partial charge in [0.1, 0.15) is 5.82 Å². The van der Waals surface area contributed by atoms with Crippen molar-refractivity contribution in [3.8, 4) is 0 Å². The normalized spacial score (nSPS) is 12.4. The minimum atomic E-state index is -0.457. The minimum Gasteiger partial charge on any atom is -0.461 e. The predicted molar refractivity (Wildman–Crippen MR) is 70.1 cm³/mol. The summed E-state index contributed by atoms with van der Waals surface area (Å²) in [6.45, 7) is 4.98. The monoisotopic (exact) mass is 257 g/mol. The molecule has 0 fully saturated rings. The fourth-order valence-electron chi connectivity index (χ4n) is 1.57. The first-order valence-corrected chi connectivity index (χ1v) is 6.96. The molecule has 0 aliphatic rings. The number of hydrogen-bond acceptors (Lipinski definition) is 5. The van der Waals surface area contributed by atoms with Crippen LogP contribution in [0.25, 0.3) is 0 Å². The van der Waals surface area contributed by atoms with Gasteiger partial charge in [0.15, 0.2) is 5.69 Å². The zero-order valence-corrected chi connectivity index (χ0v) is 11.3. The van der Waals surface area contributed by atoms with E-state index >= 15 is 0 Å². The highest BCUT2D eigenvalue weighted by molar-refractivity contribution is 7.98. The number of anilines is 1. The Morgan fingerprint density at radius 3 is 3.00 bits per heavy atom. The zero-order chi connectivity index (χ0) is 12.8. The molecule has 1 unspecified atom stereocenters. The fraction of sp³-hybridized carbons (Fsp3) is 0.636. The number of imidazole rings is 1. The molecule has 5 nitrogen and oxygen atoms in total. The number of carbonyl (C=O) groups is 1. The van der Waals surface area contributed by atoms with E-state index in [2.05, 4.69) is 18.2 Å². The van der Waals surface area contributed by atoms with Crippen LogP contribution < -0.4 is 5.73 Å². The Morgan fingerprint density at radius 1 is 1.71 bits per heavy atom. The number of carbonyl (C=O) groups excluding carboxylic acids is 1. The van der Waals surface area contributed by atoms with Crippen molar-refractivity contribution in [3.05, 3.63) is 12.0 Å². The number of aromatic nitrogens is 2. The van der Waals surface area contributed by atoms with Crippen LogP contribution in [0.2, 0.25) is 0 Å². The lowest BCUT2D eigenvalue weighted by Gasteiger charge is -2.11. The fourth-order valence-corrected chi connectivity index (χ4v) is 2.24. The molecular formula is C11H19N3O2S. The summed E-state index contributed by atoms with van der Waals surface area (Å²) in [6.07, 6.45) is 3.66. The van der Waals surface area contributed by atoms with Gasteiger partial charge in [-0.05, 0) is 24.9 Å². The summed E-state index contributed by atoms with van der Waals surface area (Å²) in [6, 6.07) is 0. The summed E-state index contributed by atoms with van der Waals surface area (Å²) in [5.41, 5.74) is 6.08. The summed E-state index contributed by atoms with van der Waals surface area (Å²) in [4.78, 5) is 15.5. The van der Waals surface area contributed by atoms with Crippen molar-refractivity contribution in [1.29, 1.82) is 0 Å². The Morgan fingerprint density at radius 2 is 2.41 bits per heavy atom. The van der Waals surface area contributed by atoms with Crippen LogP contribution in [0.5, 0.6) is 0 Å². The topological polar surface area (TPSA) is 70.1 Å². The molecule has 1 rings (SSSR count). The molecule has 17 heavy (non-hydrogen) atoms. The van der Waals surface area contributed by atoms with Crippen LogP contribution in [0, 0.1) is 5.92 Å². The quantitative estimate of drug-likeness (QED) is 0.784. The van der Waals surface area contributed by atoms with E-state index in [1.54, 1.807) is 29.6 Å². The van der Waals surface area contributed by atoms with Gasteiger partial charge in [-0.2, -0.15) is 11.8 Å². The number of hydrogen-bond donors (Lipinski definition) is 1. The number of nitrogens with two attached hydrogens (primary N) is 1. The third kappa shape index (κ3) is 3.66. The highest BCUT2D eigenvalue weighted by Crippen LogP contribution is 2.15. The first-order chi connectivity index (χ1) is 8.10. The maximum Gasteiger partial charge on any atom is 0.360 e. The predicted octanol–water partition coefficient (Wildman–Crippen LogP) is 1.64. The van der Waals surface area contributed by atoms with Crippen molar-refractivity contribution in [1.82, 2.24) is 9.55 Å². The molecule has 0 aromatic carbocycles. The molecule has 1 aromatic heterocycles. The number of nitrogens with zero attached hydrogens (tertiary/aromatic N) is 2. The van der Waals surface area contributed by atoms with E-state index in [0.29, 0.717) is 18.3 Å². The first kappa shape index (κ1) is 13.9. The van der Waals surface area contributed by atoms with E-state index in [1.807, 2.05) is 0 Å². The second kappa shape index (κ2) is 6.54. The number of ether oxygens (including phenoxy) is 1. The molecule has 1 atom stereocenters. The zero-order valence-electron chi connectivity index (χ0n) is 10.5. The third-order valence-electron chi connectivity index (χ3n) is 2.31. The van der Waals surface area contributed by atoms with E-state index in [0.717, 1.165) is 12.3 Å². The molecule has 0 saturated carbocycles. The second-order valence-corrected chi connectivity index (χ2v) is 4.82. The van der Waals surface area contributed by atoms with Crippen molar-refractivity contribution in [3.63, 3.8) is 0 Å². The van der Waals surface area contributed by atoms with Crippen LogP contribution in [0.3, 0.4) is 0 Å². The molecular weight excluding hydrogens is 238 g/mol. The highest BCUT2D eigenvalue weighted by Gasteiger charge is 2.17. The average molecular weight is 257 g/mol. The molecule has 0 saturated heterocycles. The van der Waals surface area contributed by atoms with E-state index in [4.69, 9.17) is 10.5 Å². The number of esters is 1. The average Bonchev–Trinajstić information content (AvgIpc) is 2.61. The standard InChI is InChI=1S/C11H19N3O2S/c1-4-16-11(15)9-10(12)14(7-13-9)5-8(2)6-17-3/h7-8H,4-6,12H2,1-3H3. The molecule has 96 valence electrons. The molecule has 0 amide bonds. The van der Waals surface area contributed by atoms with Gasteiger partial charge in [-0.25, -0.2) is 9.78 Å². The molecule has 0 aliphatic heterocycles. The Labute approximate surface area is 106 Å². The number of rotatable bonds is 6. The largest absolute Gasteiger partial charge is 0.461 e. The van der Waals surface area contributed by atoms with Crippen molar-refractivity contribution in [2.75, 3.05) is 24.3 Å². The summed E-state index contributed by atoms with van der Waals surface area (Å²) in [5, 5.41) is 0. The van der Waals surface area contributed by atoms with Crippen molar-refractivity contribution in [2.45, 2.75) is 20.4 Å². The lowest BCUT2D eigenvalue weighted by atomic mass is 10.2. The van der Waals surface area contributed by atoms with Crippen LogP contribution in [-0.4, -0.2) is 34.1 Å². The summed E-state index contributed by atoms with van der Waals surface area (Å²) in [5.74, 6) is 1.46. The summed E-state index contributed by atoms with van der Waals surface area (Å²) >= 11 is 1.79. The second-order valence-electron chi connectivity index (χ2n) is 3.91. The number of thioether (sulfide) groups is 1. The van der Waals surface area contributed by atoms with E-state index in [9.17, 15) is 4.79 Å². The van der Waals surface area contributed by atoms with Crippen molar-refractivity contribution >= 4 is 23.5 Å². The SMILES string of the molecule is CCOC(=O)c1ncn(CC(C)CSC)c1N. The minimum absolute atomic E-state index is 0.211. The number of nitrogen functional groups attached to an aromatic ring is 1.